The highest BCUT2D eigenvalue weighted by molar-refractivity contribution is 6.31. The van der Waals surface area contributed by atoms with Crippen molar-refractivity contribution in [2.24, 2.45) is 0 Å². The Kier molecular flexibility index (Phi) is 4.65. The minimum Gasteiger partial charge on any atom is -0.483 e. The summed E-state index contributed by atoms with van der Waals surface area (Å²) in [5.74, 6) is -0.283. The average Bonchev–Trinajstić information content (AvgIpc) is 2.42. The summed E-state index contributed by atoms with van der Waals surface area (Å²) in [4.78, 5) is 11.8. The van der Waals surface area contributed by atoms with Crippen molar-refractivity contribution in [2.75, 3.05) is 17.7 Å². The normalized spacial score (nSPS) is 10.2. The fraction of sp³-hybridized carbons (Fsp3) is 0.133. The number of amides is 1. The second kappa shape index (κ2) is 6.45. The van der Waals surface area contributed by atoms with Gasteiger partial charge in [0.15, 0.2) is 6.61 Å². The van der Waals surface area contributed by atoms with E-state index in [-0.39, 0.29) is 18.3 Å². The van der Waals surface area contributed by atoms with Crippen LogP contribution in [0.4, 0.5) is 15.8 Å². The van der Waals surface area contributed by atoms with E-state index in [1.165, 1.54) is 18.2 Å². The topological polar surface area (TPSA) is 64.3 Å². The number of ether oxygens (including phenoxy) is 1. The van der Waals surface area contributed by atoms with E-state index in [2.05, 4.69) is 5.32 Å². The third kappa shape index (κ3) is 4.10. The fourth-order valence-electron chi connectivity index (χ4n) is 1.74. The van der Waals surface area contributed by atoms with E-state index in [4.69, 9.17) is 22.1 Å². The number of benzene rings is 2. The number of rotatable bonds is 4. The van der Waals surface area contributed by atoms with Crippen LogP contribution in [-0.4, -0.2) is 12.5 Å². The van der Waals surface area contributed by atoms with E-state index in [1.54, 1.807) is 25.1 Å². The Bertz CT molecular complexity index is 677. The lowest BCUT2D eigenvalue weighted by atomic mass is 10.2. The molecule has 0 bridgehead atoms. The monoisotopic (exact) mass is 308 g/mol. The van der Waals surface area contributed by atoms with Crippen LogP contribution in [0, 0.1) is 12.7 Å². The lowest BCUT2D eigenvalue weighted by molar-refractivity contribution is -0.118. The number of carbonyl (C=O) groups is 1. The van der Waals surface area contributed by atoms with Gasteiger partial charge in [-0.05, 0) is 48.9 Å². The number of halogens is 2. The summed E-state index contributed by atoms with van der Waals surface area (Å²) in [7, 11) is 0. The minimum atomic E-state index is -0.382. The maximum atomic E-state index is 13.0. The summed E-state index contributed by atoms with van der Waals surface area (Å²) >= 11 is 5.84. The highest BCUT2D eigenvalue weighted by atomic mass is 35.5. The van der Waals surface area contributed by atoms with E-state index in [0.29, 0.717) is 27.7 Å². The quantitative estimate of drug-likeness (QED) is 0.851. The van der Waals surface area contributed by atoms with Gasteiger partial charge in [-0.2, -0.15) is 0 Å². The third-order valence-electron chi connectivity index (χ3n) is 2.79. The molecule has 2 rings (SSSR count). The molecule has 0 heterocycles. The predicted molar refractivity (Wildman–Crippen MR) is 81.1 cm³/mol. The molecule has 0 fully saturated rings. The predicted octanol–water partition coefficient (Wildman–Crippen LogP) is 3.39. The molecule has 4 nitrogen and oxygen atoms in total. The number of nitrogen functional groups attached to an aromatic ring is 1. The smallest absolute Gasteiger partial charge is 0.262 e. The van der Waals surface area contributed by atoms with Crippen LogP contribution in [0.3, 0.4) is 0 Å². The summed E-state index contributed by atoms with van der Waals surface area (Å²) in [6.07, 6.45) is 0. The summed E-state index contributed by atoms with van der Waals surface area (Å²) in [5, 5.41) is 3.07. The van der Waals surface area contributed by atoms with Crippen LogP contribution in [0.2, 0.25) is 5.02 Å². The average molecular weight is 309 g/mol. The molecule has 2 aromatic rings. The molecular formula is C15H14ClFN2O2. The van der Waals surface area contributed by atoms with Crippen LogP contribution in [-0.2, 0) is 4.79 Å². The number of nitrogens with two attached hydrogens (primary N) is 1. The van der Waals surface area contributed by atoms with E-state index in [9.17, 15) is 9.18 Å². The minimum absolute atomic E-state index is 0.210. The van der Waals surface area contributed by atoms with Gasteiger partial charge in [-0.3, -0.25) is 4.79 Å². The van der Waals surface area contributed by atoms with Crippen LogP contribution in [0.1, 0.15) is 5.56 Å². The summed E-state index contributed by atoms with van der Waals surface area (Å²) in [5.41, 5.74) is 7.18. The first kappa shape index (κ1) is 15.1. The van der Waals surface area contributed by atoms with Gasteiger partial charge in [0.25, 0.3) is 5.91 Å². The van der Waals surface area contributed by atoms with Gasteiger partial charge in [-0.15, -0.1) is 0 Å². The zero-order valence-corrected chi connectivity index (χ0v) is 12.1. The molecule has 110 valence electrons. The van der Waals surface area contributed by atoms with Gasteiger partial charge in [0.05, 0.1) is 11.4 Å². The van der Waals surface area contributed by atoms with Crippen molar-refractivity contribution >= 4 is 28.9 Å². The van der Waals surface area contributed by atoms with Gasteiger partial charge in [-0.25, -0.2) is 4.39 Å². The maximum absolute atomic E-state index is 13.0. The van der Waals surface area contributed by atoms with Crippen molar-refractivity contribution in [1.29, 1.82) is 0 Å². The molecule has 0 unspecified atom stereocenters. The Hall–Kier alpha value is -2.27. The Morgan fingerprint density at radius 1 is 1.33 bits per heavy atom. The first-order valence-electron chi connectivity index (χ1n) is 6.19. The maximum Gasteiger partial charge on any atom is 0.262 e. The fourth-order valence-corrected chi connectivity index (χ4v) is 1.91. The molecule has 0 saturated carbocycles. The number of anilines is 2. The Balaban J connectivity index is 1.97. The van der Waals surface area contributed by atoms with E-state index >= 15 is 0 Å². The van der Waals surface area contributed by atoms with E-state index in [1.807, 2.05) is 0 Å². The largest absolute Gasteiger partial charge is 0.483 e. The zero-order chi connectivity index (χ0) is 15.4. The van der Waals surface area contributed by atoms with Crippen molar-refractivity contribution in [3.8, 4) is 5.75 Å². The Morgan fingerprint density at radius 2 is 2.10 bits per heavy atom. The lowest BCUT2D eigenvalue weighted by Gasteiger charge is -2.11. The van der Waals surface area contributed by atoms with Crippen molar-refractivity contribution in [3.63, 3.8) is 0 Å². The first-order valence-corrected chi connectivity index (χ1v) is 6.57. The molecule has 0 aliphatic carbocycles. The highest BCUT2D eigenvalue weighted by Gasteiger charge is 2.08. The van der Waals surface area contributed by atoms with Crippen molar-refractivity contribution in [1.82, 2.24) is 0 Å². The van der Waals surface area contributed by atoms with Gasteiger partial charge in [-0.1, -0.05) is 11.6 Å². The molecule has 0 saturated heterocycles. The molecule has 0 aromatic heterocycles. The van der Waals surface area contributed by atoms with Gasteiger partial charge in [0, 0.05) is 5.02 Å². The second-order valence-corrected chi connectivity index (χ2v) is 4.91. The molecule has 1 amide bonds. The molecule has 0 spiro atoms. The van der Waals surface area contributed by atoms with Crippen LogP contribution in [0.25, 0.3) is 0 Å². The molecule has 2 aromatic carbocycles. The number of hydrogen-bond donors (Lipinski definition) is 2. The number of hydrogen-bond acceptors (Lipinski definition) is 3. The number of aryl methyl sites for hydroxylation is 1. The van der Waals surface area contributed by atoms with Crippen molar-refractivity contribution in [2.45, 2.75) is 6.92 Å². The standard InChI is InChI=1S/C15H14ClFN2O2/c1-9-6-11(17)3-5-14(9)21-8-15(20)19-13-7-10(16)2-4-12(13)18/h2-7H,8,18H2,1H3,(H,19,20). The number of nitrogens with one attached hydrogen (secondary N) is 1. The van der Waals surface area contributed by atoms with Gasteiger partial charge < -0.3 is 15.8 Å². The van der Waals surface area contributed by atoms with Gasteiger partial charge in [0.1, 0.15) is 11.6 Å². The summed E-state index contributed by atoms with van der Waals surface area (Å²) < 4.78 is 18.3. The molecule has 0 aliphatic heterocycles. The van der Waals surface area contributed by atoms with E-state index < -0.39 is 0 Å². The Labute approximate surface area is 126 Å². The molecule has 0 aliphatic rings. The third-order valence-corrected chi connectivity index (χ3v) is 3.02. The molecule has 0 atom stereocenters. The van der Waals surface area contributed by atoms with Crippen molar-refractivity contribution < 1.29 is 13.9 Å². The molecule has 3 N–H and O–H groups in total. The second-order valence-electron chi connectivity index (χ2n) is 4.48. The summed E-state index contributed by atoms with van der Waals surface area (Å²) in [6, 6.07) is 8.87. The molecular weight excluding hydrogens is 295 g/mol. The SMILES string of the molecule is Cc1cc(F)ccc1OCC(=O)Nc1cc(Cl)ccc1N. The molecule has 6 heteroatoms. The van der Waals surface area contributed by atoms with Crippen LogP contribution >= 0.6 is 11.6 Å². The van der Waals surface area contributed by atoms with E-state index in [0.717, 1.165) is 0 Å². The Morgan fingerprint density at radius 3 is 2.81 bits per heavy atom. The lowest BCUT2D eigenvalue weighted by Crippen LogP contribution is -2.21. The van der Waals surface area contributed by atoms with Crippen LogP contribution in [0.5, 0.6) is 5.75 Å². The van der Waals surface area contributed by atoms with Crippen molar-refractivity contribution in [3.05, 3.63) is 52.8 Å². The summed E-state index contributed by atoms with van der Waals surface area (Å²) in [6.45, 7) is 1.49. The number of carbonyl (C=O) groups excluding carboxylic acids is 1. The van der Waals surface area contributed by atoms with Gasteiger partial charge >= 0.3 is 0 Å². The molecule has 0 radical (unpaired) electrons. The van der Waals surface area contributed by atoms with Crippen LogP contribution < -0.4 is 15.8 Å². The van der Waals surface area contributed by atoms with Crippen LogP contribution in [0.15, 0.2) is 36.4 Å². The highest BCUT2D eigenvalue weighted by Crippen LogP contribution is 2.23. The zero-order valence-electron chi connectivity index (χ0n) is 11.3. The van der Waals surface area contributed by atoms with Gasteiger partial charge in [0.2, 0.25) is 0 Å². The molecule has 21 heavy (non-hydrogen) atoms. The first-order chi connectivity index (χ1) is 9.95.